The van der Waals surface area contributed by atoms with E-state index in [1.807, 2.05) is 12.2 Å². The van der Waals surface area contributed by atoms with E-state index in [9.17, 15) is 9.59 Å². The van der Waals surface area contributed by atoms with Crippen LogP contribution in [0.5, 0.6) is 0 Å². The number of aromatic nitrogens is 1. The Balaban J connectivity index is 1.42. The zero-order valence-electron chi connectivity index (χ0n) is 16.7. The Morgan fingerprint density at radius 2 is 2.21 bits per heavy atom. The summed E-state index contributed by atoms with van der Waals surface area (Å²) in [5, 5.41) is 6.98. The van der Waals surface area contributed by atoms with Gasteiger partial charge < -0.3 is 19.5 Å². The van der Waals surface area contributed by atoms with Crippen LogP contribution in [-0.4, -0.2) is 66.3 Å². The van der Waals surface area contributed by atoms with Gasteiger partial charge in [-0.25, -0.2) is 0 Å². The Labute approximate surface area is 164 Å². The largest absolute Gasteiger partial charge is 0.360 e. The lowest BCUT2D eigenvalue weighted by Gasteiger charge is -2.23. The predicted molar refractivity (Wildman–Crippen MR) is 103 cm³/mol. The van der Waals surface area contributed by atoms with E-state index >= 15 is 0 Å². The van der Waals surface area contributed by atoms with Crippen LogP contribution in [-0.2, 0) is 14.3 Å². The molecule has 2 bridgehead atoms. The summed E-state index contributed by atoms with van der Waals surface area (Å²) in [5.74, 6) is -0.118. The summed E-state index contributed by atoms with van der Waals surface area (Å²) in [5.41, 5.74) is -0.738. The van der Waals surface area contributed by atoms with Crippen molar-refractivity contribution in [2.45, 2.75) is 38.9 Å². The van der Waals surface area contributed by atoms with Crippen molar-refractivity contribution in [2.24, 2.45) is 11.8 Å². The van der Waals surface area contributed by atoms with E-state index in [0.717, 1.165) is 26.1 Å². The number of amides is 2. The molecule has 1 N–H and O–H groups in total. The van der Waals surface area contributed by atoms with Crippen LogP contribution < -0.4 is 10.2 Å². The lowest BCUT2D eigenvalue weighted by atomic mass is 9.77. The highest BCUT2D eigenvalue weighted by molar-refractivity contribution is 6.02. The summed E-state index contributed by atoms with van der Waals surface area (Å²) in [6, 6.07) is 1.73. The Morgan fingerprint density at radius 3 is 2.89 bits per heavy atom. The van der Waals surface area contributed by atoms with Crippen molar-refractivity contribution < 1.29 is 18.8 Å². The number of aryl methyl sites for hydroxylation is 1. The zero-order chi connectivity index (χ0) is 19.9. The normalized spacial score (nSPS) is 30.5. The minimum absolute atomic E-state index is 0.104. The zero-order valence-corrected chi connectivity index (χ0v) is 16.7. The Bertz CT molecular complexity index is 787. The summed E-state index contributed by atoms with van der Waals surface area (Å²) in [4.78, 5) is 29.9. The van der Waals surface area contributed by atoms with Gasteiger partial charge in [0.15, 0.2) is 5.82 Å². The van der Waals surface area contributed by atoms with Crippen LogP contribution >= 0.6 is 0 Å². The minimum atomic E-state index is -0.738. The molecule has 3 aliphatic rings. The van der Waals surface area contributed by atoms with Gasteiger partial charge in [0, 0.05) is 12.6 Å². The van der Waals surface area contributed by atoms with Gasteiger partial charge in [0.1, 0.15) is 11.4 Å². The van der Waals surface area contributed by atoms with Gasteiger partial charge in [-0.1, -0.05) is 31.2 Å². The molecule has 1 spiro atoms. The van der Waals surface area contributed by atoms with E-state index in [2.05, 4.69) is 29.2 Å². The topological polar surface area (TPSA) is 87.9 Å². The van der Waals surface area contributed by atoms with Crippen molar-refractivity contribution in [2.75, 3.05) is 37.6 Å². The fraction of sp³-hybridized carbons (Fsp3) is 0.650. The quantitative estimate of drug-likeness (QED) is 0.530. The number of rotatable bonds is 8. The molecule has 1 aromatic heterocycles. The van der Waals surface area contributed by atoms with Crippen LogP contribution in [0.4, 0.5) is 5.82 Å². The Hall–Kier alpha value is -2.19. The standard InChI is InChI=1S/C20H28N4O4/c1-4-23(5-2)10-6-9-21-18(25)16-14-7-8-20(27-14)12-24(19(26)17(16)20)15-11-13(3)28-22-15/h7-8,11,14,16-17H,4-6,9-10,12H2,1-3H3,(H,21,25)/t14-,16+,17-,20-/m1/s1. The summed E-state index contributed by atoms with van der Waals surface area (Å²) >= 11 is 0. The molecule has 2 amide bonds. The summed E-state index contributed by atoms with van der Waals surface area (Å²) in [6.45, 7) is 9.97. The van der Waals surface area contributed by atoms with E-state index in [1.165, 1.54) is 0 Å². The molecule has 28 heavy (non-hydrogen) atoms. The molecule has 3 aliphatic heterocycles. The molecule has 2 fully saturated rings. The van der Waals surface area contributed by atoms with Crippen molar-refractivity contribution in [3.63, 3.8) is 0 Å². The monoisotopic (exact) mass is 388 g/mol. The van der Waals surface area contributed by atoms with Gasteiger partial charge in [-0.05, 0) is 33.0 Å². The second kappa shape index (κ2) is 7.33. The van der Waals surface area contributed by atoms with Gasteiger partial charge in [0.25, 0.3) is 0 Å². The number of ether oxygens (including phenoxy) is 1. The number of carbonyl (C=O) groups excluding carboxylic acids is 2. The van der Waals surface area contributed by atoms with Gasteiger partial charge >= 0.3 is 0 Å². The van der Waals surface area contributed by atoms with Crippen LogP contribution in [0, 0.1) is 18.8 Å². The maximum atomic E-state index is 13.1. The van der Waals surface area contributed by atoms with Crippen molar-refractivity contribution in [1.29, 1.82) is 0 Å². The molecule has 4 rings (SSSR count). The van der Waals surface area contributed by atoms with Gasteiger partial charge in [0.2, 0.25) is 11.8 Å². The molecule has 8 nitrogen and oxygen atoms in total. The fourth-order valence-electron chi connectivity index (χ4n) is 4.64. The average molecular weight is 388 g/mol. The maximum absolute atomic E-state index is 13.1. The molecular weight excluding hydrogens is 360 g/mol. The molecule has 4 heterocycles. The molecule has 2 saturated heterocycles. The van der Waals surface area contributed by atoms with Gasteiger partial charge in [0.05, 0.1) is 24.5 Å². The molecule has 4 atom stereocenters. The highest BCUT2D eigenvalue weighted by Crippen LogP contribution is 2.52. The molecule has 8 heteroatoms. The first-order chi connectivity index (χ1) is 13.5. The Kier molecular flexibility index (Phi) is 5.01. The number of nitrogens with one attached hydrogen (secondary N) is 1. The predicted octanol–water partition coefficient (Wildman–Crippen LogP) is 1.12. The van der Waals surface area contributed by atoms with Crippen molar-refractivity contribution in [1.82, 2.24) is 15.4 Å². The molecule has 152 valence electrons. The van der Waals surface area contributed by atoms with Gasteiger partial charge in [-0.3, -0.25) is 14.5 Å². The van der Waals surface area contributed by atoms with Crippen molar-refractivity contribution in [3.05, 3.63) is 24.0 Å². The Morgan fingerprint density at radius 1 is 1.43 bits per heavy atom. The fourth-order valence-corrected chi connectivity index (χ4v) is 4.64. The van der Waals surface area contributed by atoms with E-state index < -0.39 is 17.4 Å². The smallest absolute Gasteiger partial charge is 0.235 e. The van der Waals surface area contributed by atoms with Crippen molar-refractivity contribution in [3.8, 4) is 0 Å². The summed E-state index contributed by atoms with van der Waals surface area (Å²) in [7, 11) is 0. The summed E-state index contributed by atoms with van der Waals surface area (Å²) < 4.78 is 11.2. The lowest BCUT2D eigenvalue weighted by molar-refractivity contribution is -0.131. The highest BCUT2D eigenvalue weighted by Gasteiger charge is 2.67. The number of hydrogen-bond donors (Lipinski definition) is 1. The van der Waals surface area contributed by atoms with Crippen LogP contribution in [0.25, 0.3) is 0 Å². The molecular formula is C20H28N4O4. The molecule has 0 aliphatic carbocycles. The number of nitrogens with zero attached hydrogens (tertiary/aromatic N) is 3. The first-order valence-electron chi connectivity index (χ1n) is 10.1. The van der Waals surface area contributed by atoms with Crippen LogP contribution in [0.15, 0.2) is 22.7 Å². The number of fused-ring (bicyclic) bond motifs is 1. The molecule has 0 radical (unpaired) electrons. The third-order valence-electron chi connectivity index (χ3n) is 6.14. The van der Waals surface area contributed by atoms with E-state index in [4.69, 9.17) is 9.26 Å². The van der Waals surface area contributed by atoms with Gasteiger partial charge in [-0.15, -0.1) is 0 Å². The van der Waals surface area contributed by atoms with Crippen LogP contribution in [0.3, 0.4) is 0 Å². The number of hydrogen-bond acceptors (Lipinski definition) is 6. The molecule has 1 aromatic rings. The van der Waals surface area contributed by atoms with Crippen LogP contribution in [0.2, 0.25) is 0 Å². The third kappa shape index (κ3) is 3.04. The summed E-state index contributed by atoms with van der Waals surface area (Å²) in [6.07, 6.45) is 4.41. The van der Waals surface area contributed by atoms with E-state index in [1.54, 1.807) is 17.9 Å². The third-order valence-corrected chi connectivity index (χ3v) is 6.14. The van der Waals surface area contributed by atoms with E-state index in [0.29, 0.717) is 24.7 Å². The van der Waals surface area contributed by atoms with Gasteiger partial charge in [-0.2, -0.15) is 0 Å². The maximum Gasteiger partial charge on any atom is 0.235 e. The minimum Gasteiger partial charge on any atom is -0.360 e. The number of anilines is 1. The molecule has 0 saturated carbocycles. The van der Waals surface area contributed by atoms with Crippen LogP contribution in [0.1, 0.15) is 26.0 Å². The first kappa shape index (κ1) is 19.1. The second-order valence-corrected chi connectivity index (χ2v) is 7.79. The lowest BCUT2D eigenvalue weighted by Crippen LogP contribution is -2.44. The molecule has 0 unspecified atom stereocenters. The molecule has 0 aromatic carbocycles. The second-order valence-electron chi connectivity index (χ2n) is 7.79. The first-order valence-corrected chi connectivity index (χ1v) is 10.1. The number of carbonyl (C=O) groups is 2. The SMILES string of the molecule is CCN(CC)CCCNC(=O)[C@H]1[C@H]2C=C[C@]3(CN(c4cc(C)on4)C(=O)[C@@H]13)O2. The van der Waals surface area contributed by atoms with Crippen molar-refractivity contribution >= 4 is 17.6 Å². The van der Waals surface area contributed by atoms with E-state index in [-0.39, 0.29) is 17.9 Å². The average Bonchev–Trinajstić information content (AvgIpc) is 3.43. The highest BCUT2D eigenvalue weighted by atomic mass is 16.5.